The van der Waals surface area contributed by atoms with Gasteiger partial charge in [-0.3, -0.25) is 14.7 Å². The normalized spacial score (nSPS) is 20.6. The number of nitrogens with zero attached hydrogens (tertiary/aromatic N) is 3. The molecule has 1 aromatic rings. The van der Waals surface area contributed by atoms with Crippen molar-refractivity contribution in [3.8, 4) is 0 Å². The fraction of sp³-hybridized carbons (Fsp3) is 0.619. The number of hydrogen-bond acceptors (Lipinski definition) is 4. The summed E-state index contributed by atoms with van der Waals surface area (Å²) >= 11 is 0. The number of nitrogens with one attached hydrogen (secondary N) is 1. The van der Waals surface area contributed by atoms with E-state index in [2.05, 4.69) is 65.3 Å². The van der Waals surface area contributed by atoms with Crippen molar-refractivity contribution < 1.29 is 9.53 Å². The first-order chi connectivity index (χ1) is 13.0. The van der Waals surface area contributed by atoms with Crippen molar-refractivity contribution in [3.05, 3.63) is 35.9 Å². The maximum absolute atomic E-state index is 11.9. The fourth-order valence-electron chi connectivity index (χ4n) is 3.57. The first-order valence-corrected chi connectivity index (χ1v) is 9.73. The van der Waals surface area contributed by atoms with Gasteiger partial charge in [-0.2, -0.15) is 0 Å². The highest BCUT2D eigenvalue weighted by atomic mass is 127. The topological polar surface area (TPSA) is 57.2 Å². The first kappa shape index (κ1) is 24.7. The minimum atomic E-state index is -0.128. The number of aliphatic imine (C=N–C) groups is 1. The number of hydrogen-bond donors (Lipinski definition) is 1. The van der Waals surface area contributed by atoms with Crippen LogP contribution in [0.25, 0.3) is 0 Å². The largest absolute Gasteiger partial charge is 0.469 e. The second-order valence-corrected chi connectivity index (χ2v) is 7.52. The molecule has 6 nitrogen and oxygen atoms in total. The van der Waals surface area contributed by atoms with Crippen LogP contribution in [0.3, 0.4) is 0 Å². The molecule has 3 atom stereocenters. The van der Waals surface area contributed by atoms with Gasteiger partial charge in [0.05, 0.1) is 13.0 Å². The van der Waals surface area contributed by atoms with Crippen LogP contribution in [0, 0.1) is 11.8 Å². The van der Waals surface area contributed by atoms with Crippen molar-refractivity contribution in [1.29, 1.82) is 0 Å². The minimum absolute atomic E-state index is 0. The number of likely N-dealkylation sites (tertiary alicyclic amines) is 1. The highest BCUT2D eigenvalue weighted by Crippen LogP contribution is 2.24. The van der Waals surface area contributed by atoms with E-state index < -0.39 is 0 Å². The lowest BCUT2D eigenvalue weighted by atomic mass is 9.99. The third-order valence-electron chi connectivity index (χ3n) is 5.50. The summed E-state index contributed by atoms with van der Waals surface area (Å²) in [4.78, 5) is 20.8. The zero-order valence-corrected chi connectivity index (χ0v) is 20.1. The summed E-state index contributed by atoms with van der Waals surface area (Å²) in [5.74, 6) is 0.930. The van der Waals surface area contributed by atoms with Gasteiger partial charge in [0.2, 0.25) is 0 Å². The summed E-state index contributed by atoms with van der Waals surface area (Å²) in [7, 11) is 5.41. The molecule has 1 N–H and O–H groups in total. The van der Waals surface area contributed by atoms with E-state index >= 15 is 0 Å². The van der Waals surface area contributed by atoms with E-state index in [1.807, 2.05) is 6.07 Å². The highest BCUT2D eigenvalue weighted by molar-refractivity contribution is 14.0. The van der Waals surface area contributed by atoms with Crippen LogP contribution in [-0.4, -0.2) is 68.6 Å². The molecule has 1 aliphatic heterocycles. The third-order valence-corrected chi connectivity index (χ3v) is 5.50. The van der Waals surface area contributed by atoms with Crippen LogP contribution >= 0.6 is 24.0 Å². The van der Waals surface area contributed by atoms with Crippen LogP contribution in [-0.2, 0) is 16.1 Å². The molecular weight excluding hydrogens is 467 g/mol. The van der Waals surface area contributed by atoms with E-state index in [0.29, 0.717) is 12.6 Å². The molecule has 1 heterocycles. The zero-order valence-electron chi connectivity index (χ0n) is 17.7. The predicted octanol–water partition coefficient (Wildman–Crippen LogP) is 2.83. The highest BCUT2D eigenvalue weighted by Gasteiger charge is 2.36. The van der Waals surface area contributed by atoms with Gasteiger partial charge in [0.1, 0.15) is 0 Å². The maximum Gasteiger partial charge on any atom is 0.310 e. The number of esters is 1. The van der Waals surface area contributed by atoms with Crippen molar-refractivity contribution >= 4 is 35.9 Å². The average molecular weight is 502 g/mol. The summed E-state index contributed by atoms with van der Waals surface area (Å²) in [6.07, 6.45) is 1.02. The van der Waals surface area contributed by atoms with Gasteiger partial charge in [-0.1, -0.05) is 37.3 Å². The fourth-order valence-corrected chi connectivity index (χ4v) is 3.57. The lowest BCUT2D eigenvalue weighted by Gasteiger charge is -2.26. The molecule has 0 bridgehead atoms. The minimum Gasteiger partial charge on any atom is -0.469 e. The monoisotopic (exact) mass is 502 g/mol. The van der Waals surface area contributed by atoms with Crippen LogP contribution < -0.4 is 5.32 Å². The molecule has 7 heteroatoms. The first-order valence-electron chi connectivity index (χ1n) is 9.73. The van der Waals surface area contributed by atoms with E-state index in [1.165, 1.54) is 12.7 Å². The number of guanidine groups is 1. The Morgan fingerprint density at radius 1 is 1.36 bits per heavy atom. The number of carbonyl (C=O) groups excluding carboxylic acids is 1. The molecule has 0 amide bonds. The van der Waals surface area contributed by atoms with Gasteiger partial charge in [-0.15, -0.1) is 24.0 Å². The van der Waals surface area contributed by atoms with Gasteiger partial charge in [-0.05, 0) is 31.9 Å². The molecule has 1 aromatic carbocycles. The molecule has 0 saturated carbocycles. The van der Waals surface area contributed by atoms with Crippen LogP contribution in [0.4, 0.5) is 0 Å². The van der Waals surface area contributed by atoms with Crippen molar-refractivity contribution in [2.45, 2.75) is 32.9 Å². The average Bonchev–Trinajstić information content (AvgIpc) is 3.06. The Morgan fingerprint density at radius 3 is 2.64 bits per heavy atom. The van der Waals surface area contributed by atoms with Crippen LogP contribution in [0.2, 0.25) is 0 Å². The Kier molecular flexibility index (Phi) is 10.8. The van der Waals surface area contributed by atoms with Crippen molar-refractivity contribution in [3.63, 3.8) is 0 Å². The number of rotatable bonds is 7. The molecule has 1 fully saturated rings. The summed E-state index contributed by atoms with van der Waals surface area (Å²) in [6, 6.07) is 11.0. The van der Waals surface area contributed by atoms with Crippen molar-refractivity contribution in [2.75, 3.05) is 40.8 Å². The summed E-state index contributed by atoms with van der Waals surface area (Å²) < 4.78 is 4.92. The molecule has 158 valence electrons. The van der Waals surface area contributed by atoms with E-state index in [0.717, 1.165) is 32.0 Å². The van der Waals surface area contributed by atoms with Crippen LogP contribution in [0.15, 0.2) is 35.3 Å². The second-order valence-electron chi connectivity index (χ2n) is 7.52. The van der Waals surface area contributed by atoms with Gasteiger partial charge in [0.15, 0.2) is 5.96 Å². The Morgan fingerprint density at radius 2 is 2.04 bits per heavy atom. The summed E-state index contributed by atoms with van der Waals surface area (Å²) in [6.45, 7) is 7.62. The Balaban J connectivity index is 0.00000392. The quantitative estimate of drug-likeness (QED) is 0.269. The van der Waals surface area contributed by atoms with Crippen molar-refractivity contribution in [2.24, 2.45) is 16.8 Å². The van der Waals surface area contributed by atoms with E-state index in [-0.39, 0.29) is 41.8 Å². The molecule has 0 spiro atoms. The second kappa shape index (κ2) is 12.3. The molecule has 1 saturated heterocycles. The van der Waals surface area contributed by atoms with Gasteiger partial charge in [0, 0.05) is 39.3 Å². The van der Waals surface area contributed by atoms with E-state index in [1.54, 1.807) is 7.05 Å². The molecule has 0 aromatic heterocycles. The number of ether oxygens (including phenoxy) is 1. The number of methoxy groups -OCH3 is 1. The van der Waals surface area contributed by atoms with Crippen molar-refractivity contribution in [1.82, 2.24) is 15.1 Å². The lowest BCUT2D eigenvalue weighted by Crippen LogP contribution is -2.42. The van der Waals surface area contributed by atoms with E-state index in [4.69, 9.17) is 4.74 Å². The van der Waals surface area contributed by atoms with Gasteiger partial charge >= 0.3 is 5.97 Å². The zero-order chi connectivity index (χ0) is 19.8. The third kappa shape index (κ3) is 6.92. The van der Waals surface area contributed by atoms with Crippen LogP contribution in [0.1, 0.15) is 25.8 Å². The Labute approximate surface area is 186 Å². The summed E-state index contributed by atoms with van der Waals surface area (Å²) in [5.41, 5.74) is 1.33. The Hall–Kier alpha value is -1.35. The van der Waals surface area contributed by atoms with Gasteiger partial charge in [-0.25, -0.2) is 0 Å². The molecule has 3 unspecified atom stereocenters. The SMILES string of the molecule is CN=C(NCCC(C)N(C)Cc1ccccc1)N1CC(C)C(C(=O)OC)C1.I. The van der Waals surface area contributed by atoms with E-state index in [9.17, 15) is 4.79 Å². The number of benzene rings is 1. The number of carbonyl (C=O) groups is 1. The summed E-state index contributed by atoms with van der Waals surface area (Å²) in [5, 5.41) is 3.46. The van der Waals surface area contributed by atoms with Gasteiger partial charge in [0.25, 0.3) is 0 Å². The standard InChI is InChI=1S/C21H34N4O2.HI/c1-16-13-25(15-19(16)20(26)27-5)21(22-3)23-12-11-17(2)24(4)14-18-9-7-6-8-10-18;/h6-10,16-17,19H,11-15H2,1-5H3,(H,22,23);1H. The molecule has 1 aliphatic rings. The van der Waals surface area contributed by atoms with Crippen LogP contribution in [0.5, 0.6) is 0 Å². The Bertz CT molecular complexity index is 626. The number of halogens is 1. The smallest absolute Gasteiger partial charge is 0.310 e. The molecular formula is C21H35IN4O2. The molecule has 0 aliphatic carbocycles. The maximum atomic E-state index is 11.9. The lowest BCUT2D eigenvalue weighted by molar-refractivity contribution is -0.145. The van der Waals surface area contributed by atoms with Gasteiger partial charge < -0.3 is 15.0 Å². The predicted molar refractivity (Wildman–Crippen MR) is 125 cm³/mol. The molecule has 0 radical (unpaired) electrons. The molecule has 28 heavy (non-hydrogen) atoms. The molecule has 2 rings (SSSR count).